The number of amides is 1. The van der Waals surface area contributed by atoms with Gasteiger partial charge in [-0.3, -0.25) is 14.3 Å². The van der Waals surface area contributed by atoms with Crippen LogP contribution >= 0.6 is 11.3 Å². The Morgan fingerprint density at radius 3 is 2.41 bits per heavy atom. The van der Waals surface area contributed by atoms with E-state index in [1.165, 1.54) is 11.3 Å². The first-order chi connectivity index (χ1) is 12.6. The van der Waals surface area contributed by atoms with Crippen molar-refractivity contribution in [2.75, 3.05) is 5.32 Å². The zero-order valence-electron chi connectivity index (χ0n) is 16.0. The Balaban J connectivity index is 1.82. The normalized spacial score (nSPS) is 11.9. The Labute approximate surface area is 161 Å². The van der Waals surface area contributed by atoms with Gasteiger partial charge in [-0.25, -0.2) is 0 Å². The Hall–Kier alpha value is -2.67. The average molecular weight is 385 g/mol. The number of rotatable bonds is 5. The number of anilines is 1. The highest BCUT2D eigenvalue weighted by Crippen LogP contribution is 2.32. The summed E-state index contributed by atoms with van der Waals surface area (Å²) < 4.78 is 1.81. The lowest BCUT2D eigenvalue weighted by Gasteiger charge is -2.19. The molecule has 27 heavy (non-hydrogen) atoms. The molecule has 0 saturated heterocycles. The van der Waals surface area contributed by atoms with Crippen molar-refractivity contribution in [2.45, 2.75) is 39.0 Å². The number of hydrogen-bond donors (Lipinski definition) is 2. The SMILES string of the molecule is CC(C)c1nn(C)c2sc(C(=O)Nc3ccc(C(C)(C)C(=O)O)cc3)cc12. The maximum Gasteiger partial charge on any atom is 0.313 e. The van der Waals surface area contributed by atoms with E-state index in [1.54, 1.807) is 38.1 Å². The fraction of sp³-hybridized carbons (Fsp3) is 0.350. The van der Waals surface area contributed by atoms with Crippen molar-refractivity contribution in [1.29, 1.82) is 0 Å². The van der Waals surface area contributed by atoms with Gasteiger partial charge in [0.15, 0.2) is 0 Å². The summed E-state index contributed by atoms with van der Waals surface area (Å²) in [5.74, 6) is -0.792. The number of nitrogens with zero attached hydrogens (tertiary/aromatic N) is 2. The molecular weight excluding hydrogens is 362 g/mol. The molecule has 0 spiro atoms. The molecule has 3 aromatic rings. The Bertz CT molecular complexity index is 1010. The van der Waals surface area contributed by atoms with Crippen LogP contribution < -0.4 is 5.32 Å². The van der Waals surface area contributed by atoms with Crippen molar-refractivity contribution in [1.82, 2.24) is 9.78 Å². The molecule has 0 fully saturated rings. The minimum Gasteiger partial charge on any atom is -0.481 e. The Morgan fingerprint density at radius 2 is 1.85 bits per heavy atom. The third kappa shape index (κ3) is 3.47. The van der Waals surface area contributed by atoms with Crippen LogP contribution in [0.3, 0.4) is 0 Å². The third-order valence-electron chi connectivity index (χ3n) is 4.71. The molecule has 0 aliphatic carbocycles. The molecule has 0 aliphatic rings. The number of nitrogens with one attached hydrogen (secondary N) is 1. The highest BCUT2D eigenvalue weighted by Gasteiger charge is 2.29. The second-order valence-electron chi connectivity index (χ2n) is 7.45. The monoisotopic (exact) mass is 385 g/mol. The Kier molecular flexibility index (Phi) is 4.82. The number of hydrogen-bond acceptors (Lipinski definition) is 4. The number of carboxylic acids is 1. The molecule has 3 rings (SSSR count). The first-order valence-electron chi connectivity index (χ1n) is 8.73. The van der Waals surface area contributed by atoms with E-state index in [-0.39, 0.29) is 11.8 Å². The second-order valence-corrected chi connectivity index (χ2v) is 8.49. The summed E-state index contributed by atoms with van der Waals surface area (Å²) in [6.07, 6.45) is 0. The number of aromatic nitrogens is 2. The molecule has 7 heteroatoms. The number of benzene rings is 1. The molecular formula is C20H23N3O3S. The molecule has 6 nitrogen and oxygen atoms in total. The highest BCUT2D eigenvalue weighted by molar-refractivity contribution is 7.20. The van der Waals surface area contributed by atoms with Gasteiger partial charge in [-0.2, -0.15) is 5.10 Å². The smallest absolute Gasteiger partial charge is 0.313 e. The van der Waals surface area contributed by atoms with Crippen LogP contribution in [0.15, 0.2) is 30.3 Å². The van der Waals surface area contributed by atoms with Gasteiger partial charge in [0.1, 0.15) is 4.83 Å². The standard InChI is InChI=1S/C20H23N3O3S/c1-11(2)16-14-10-15(27-18(14)23(5)22-16)17(24)21-13-8-6-12(7-9-13)20(3,4)19(25)26/h6-11H,1-5H3,(H,21,24)(H,25,26). The van der Waals surface area contributed by atoms with Crippen LogP contribution in [0.2, 0.25) is 0 Å². The van der Waals surface area contributed by atoms with Gasteiger partial charge in [0, 0.05) is 18.1 Å². The maximum absolute atomic E-state index is 12.6. The number of thiophene rings is 1. The van der Waals surface area contributed by atoms with Gasteiger partial charge in [0.05, 0.1) is 16.0 Å². The van der Waals surface area contributed by atoms with E-state index in [1.807, 2.05) is 17.8 Å². The molecule has 2 N–H and O–H groups in total. The fourth-order valence-electron chi connectivity index (χ4n) is 2.89. The number of aryl methyl sites for hydroxylation is 1. The van der Waals surface area contributed by atoms with Crippen LogP contribution in [0.1, 0.15) is 54.5 Å². The molecule has 0 aliphatic heterocycles. The number of fused-ring (bicyclic) bond motifs is 1. The third-order valence-corrected chi connectivity index (χ3v) is 5.91. The number of aliphatic carboxylic acids is 1. The minimum atomic E-state index is -0.978. The number of carbonyl (C=O) groups excluding carboxylic acids is 1. The first-order valence-corrected chi connectivity index (χ1v) is 9.54. The topological polar surface area (TPSA) is 84.2 Å². The molecule has 1 aromatic carbocycles. The summed E-state index contributed by atoms with van der Waals surface area (Å²) in [6.45, 7) is 7.47. The fourth-order valence-corrected chi connectivity index (χ4v) is 3.87. The second kappa shape index (κ2) is 6.81. The van der Waals surface area contributed by atoms with E-state index in [9.17, 15) is 14.7 Å². The van der Waals surface area contributed by atoms with Crippen molar-refractivity contribution in [3.8, 4) is 0 Å². The van der Waals surface area contributed by atoms with Gasteiger partial charge < -0.3 is 10.4 Å². The zero-order chi connectivity index (χ0) is 19.9. The van der Waals surface area contributed by atoms with E-state index < -0.39 is 11.4 Å². The van der Waals surface area contributed by atoms with Gasteiger partial charge in [-0.05, 0) is 43.5 Å². The van der Waals surface area contributed by atoms with Gasteiger partial charge >= 0.3 is 5.97 Å². The van der Waals surface area contributed by atoms with Crippen LogP contribution in [-0.2, 0) is 17.3 Å². The molecule has 0 radical (unpaired) electrons. The molecule has 0 bridgehead atoms. The lowest BCUT2D eigenvalue weighted by molar-refractivity contribution is -0.142. The summed E-state index contributed by atoms with van der Waals surface area (Å²) in [7, 11) is 1.88. The zero-order valence-corrected chi connectivity index (χ0v) is 16.8. The Morgan fingerprint density at radius 1 is 1.22 bits per heavy atom. The van der Waals surface area contributed by atoms with Crippen molar-refractivity contribution in [2.24, 2.45) is 7.05 Å². The largest absolute Gasteiger partial charge is 0.481 e. The summed E-state index contributed by atoms with van der Waals surface area (Å²) in [5.41, 5.74) is 1.32. The van der Waals surface area contributed by atoms with Crippen molar-refractivity contribution >= 4 is 39.1 Å². The van der Waals surface area contributed by atoms with Crippen LogP contribution in [-0.4, -0.2) is 26.8 Å². The molecule has 2 heterocycles. The summed E-state index contributed by atoms with van der Waals surface area (Å²) >= 11 is 1.41. The quantitative estimate of drug-likeness (QED) is 0.683. The van der Waals surface area contributed by atoms with Gasteiger partial charge in [0.25, 0.3) is 5.91 Å². The van der Waals surface area contributed by atoms with E-state index in [0.29, 0.717) is 16.1 Å². The molecule has 142 valence electrons. The molecule has 0 saturated carbocycles. The van der Waals surface area contributed by atoms with E-state index in [2.05, 4.69) is 24.3 Å². The van der Waals surface area contributed by atoms with E-state index in [4.69, 9.17) is 0 Å². The molecule has 0 atom stereocenters. The molecule has 1 amide bonds. The first kappa shape index (κ1) is 19.1. The van der Waals surface area contributed by atoms with Crippen LogP contribution in [0.4, 0.5) is 5.69 Å². The highest BCUT2D eigenvalue weighted by atomic mass is 32.1. The summed E-state index contributed by atoms with van der Waals surface area (Å²) in [6, 6.07) is 8.81. The van der Waals surface area contributed by atoms with Gasteiger partial charge in [-0.1, -0.05) is 26.0 Å². The molecule has 0 unspecified atom stereocenters. The van der Waals surface area contributed by atoms with Crippen LogP contribution in [0, 0.1) is 0 Å². The molecule has 2 aromatic heterocycles. The van der Waals surface area contributed by atoms with E-state index in [0.717, 1.165) is 15.9 Å². The van der Waals surface area contributed by atoms with Gasteiger partial charge in [0.2, 0.25) is 0 Å². The van der Waals surface area contributed by atoms with Crippen molar-refractivity contribution in [3.63, 3.8) is 0 Å². The summed E-state index contributed by atoms with van der Waals surface area (Å²) in [4.78, 5) is 25.6. The lowest BCUT2D eigenvalue weighted by atomic mass is 9.85. The predicted octanol–water partition coefficient (Wildman–Crippen LogP) is 4.37. The number of carbonyl (C=O) groups is 2. The summed E-state index contributed by atoms with van der Waals surface area (Å²) in [5, 5.41) is 17.7. The average Bonchev–Trinajstić information content (AvgIpc) is 3.16. The lowest BCUT2D eigenvalue weighted by Crippen LogP contribution is -2.28. The van der Waals surface area contributed by atoms with Crippen LogP contribution in [0.25, 0.3) is 10.2 Å². The van der Waals surface area contributed by atoms with Gasteiger partial charge in [-0.15, -0.1) is 11.3 Å². The van der Waals surface area contributed by atoms with E-state index >= 15 is 0 Å². The predicted molar refractivity (Wildman–Crippen MR) is 108 cm³/mol. The van der Waals surface area contributed by atoms with Crippen molar-refractivity contribution < 1.29 is 14.7 Å². The number of carboxylic acid groups (broad SMARTS) is 1. The maximum atomic E-state index is 12.6. The van der Waals surface area contributed by atoms with Crippen LogP contribution in [0.5, 0.6) is 0 Å². The minimum absolute atomic E-state index is 0.184. The van der Waals surface area contributed by atoms with Crippen molar-refractivity contribution in [3.05, 3.63) is 46.5 Å².